The summed E-state index contributed by atoms with van der Waals surface area (Å²) in [5.41, 5.74) is 6.96. The molecule has 0 bridgehead atoms. The Kier molecular flexibility index (Phi) is 48.3. The minimum absolute atomic E-state index is 0.426. The van der Waals surface area contributed by atoms with Crippen LogP contribution in [0.5, 0.6) is 0 Å². The molecular formula is C86H151N9. The van der Waals surface area contributed by atoms with E-state index in [0.717, 1.165) is 60.3 Å². The summed E-state index contributed by atoms with van der Waals surface area (Å²) in [6.45, 7) is 49.4. The molecule has 4 aromatic heterocycles. The fourth-order valence-corrected chi connectivity index (χ4v) is 14.0. The number of aromatic nitrogens is 4. The zero-order valence-corrected chi connectivity index (χ0v) is 66.5. The van der Waals surface area contributed by atoms with Crippen molar-refractivity contribution in [1.29, 1.82) is 0 Å². The van der Waals surface area contributed by atoms with Crippen LogP contribution in [-0.2, 0) is 6.54 Å². The predicted molar refractivity (Wildman–Crippen MR) is 418 cm³/mol. The monoisotopic (exact) mass is 1310 g/mol. The molecule has 0 radical (unpaired) electrons. The van der Waals surface area contributed by atoms with Gasteiger partial charge in [-0.15, -0.1) is 0 Å². The second-order valence-corrected chi connectivity index (χ2v) is 28.5. The fourth-order valence-electron chi connectivity index (χ4n) is 14.0. The van der Waals surface area contributed by atoms with E-state index in [-0.39, 0.29) is 0 Å². The van der Waals surface area contributed by atoms with E-state index in [1.807, 2.05) is 131 Å². The minimum Gasteiger partial charge on any atom is -0.299 e. The Balaban J connectivity index is 0.000000574. The number of rotatable bonds is 14. The van der Waals surface area contributed by atoms with Gasteiger partial charge in [-0.3, -0.25) is 44.4 Å². The Hall–Kier alpha value is -4.38. The molecule has 4 saturated carbocycles. The summed E-state index contributed by atoms with van der Waals surface area (Å²) >= 11 is 0. The lowest BCUT2D eigenvalue weighted by Crippen LogP contribution is -2.37. The zero-order chi connectivity index (χ0) is 71.3. The van der Waals surface area contributed by atoms with E-state index in [9.17, 15) is 0 Å². The van der Waals surface area contributed by atoms with Crippen molar-refractivity contribution in [2.24, 2.45) is 35.0 Å². The summed E-state index contributed by atoms with van der Waals surface area (Å²) in [5, 5.41) is 0. The molecule has 5 heterocycles. The quantitative estimate of drug-likeness (QED) is 0.108. The molecule has 5 aromatic rings. The molecule has 540 valence electrons. The largest absolute Gasteiger partial charge is 0.299 e. The number of piperidine rings is 1. The number of likely N-dealkylation sites (tertiary alicyclic amines) is 1. The van der Waals surface area contributed by atoms with Gasteiger partial charge in [-0.1, -0.05) is 172 Å². The van der Waals surface area contributed by atoms with Crippen LogP contribution in [0.1, 0.15) is 313 Å². The van der Waals surface area contributed by atoms with Crippen LogP contribution >= 0.6 is 0 Å². The standard InChI is InChI=1S/C16H25N.4C15H24N2.5C2H6/c1-16(2,3)15-9-11-17(12-10-15)13-14-7-5-4-6-8-14;2*1-12-6-8-15(9-7-12)17(3)13(2)14-5-4-10-16-11-14;2*1-12-7-9-14(10-8-12)17(3)13(2)15-6-4-5-11-16-15;5*1-2/h4-8,15H,9-13H2,1-3H3;2*4-5,10-13,15H,6-9H2,1-3H3;2*4-6,11-14H,7-10H2,1-3H3;5*1-2H3. The summed E-state index contributed by atoms with van der Waals surface area (Å²) in [4.78, 5) is 30.0. The molecule has 1 aromatic carbocycles. The van der Waals surface area contributed by atoms with Crippen molar-refractivity contribution in [3.63, 3.8) is 0 Å². The highest BCUT2D eigenvalue weighted by Crippen LogP contribution is 2.37. The predicted octanol–water partition coefficient (Wildman–Crippen LogP) is 23.7. The van der Waals surface area contributed by atoms with Crippen molar-refractivity contribution in [1.82, 2.24) is 44.4 Å². The maximum Gasteiger partial charge on any atom is 0.0572 e. The van der Waals surface area contributed by atoms with E-state index >= 15 is 0 Å². The molecule has 5 fully saturated rings. The second-order valence-electron chi connectivity index (χ2n) is 28.5. The summed E-state index contributed by atoms with van der Waals surface area (Å²) in [6, 6.07) is 36.4. The highest BCUT2D eigenvalue weighted by Gasteiger charge is 2.31. The summed E-state index contributed by atoms with van der Waals surface area (Å²) < 4.78 is 0. The highest BCUT2D eigenvalue weighted by atomic mass is 15.2. The van der Waals surface area contributed by atoms with Gasteiger partial charge in [0.2, 0.25) is 0 Å². The molecule has 0 spiro atoms. The average molecular weight is 1310 g/mol. The molecule has 9 heteroatoms. The van der Waals surface area contributed by atoms with E-state index in [4.69, 9.17) is 0 Å². The van der Waals surface area contributed by atoms with Gasteiger partial charge in [0, 0.05) is 92.1 Å². The normalized spacial score (nSPS) is 23.2. The van der Waals surface area contributed by atoms with Crippen LogP contribution in [0.4, 0.5) is 0 Å². The third-order valence-corrected chi connectivity index (χ3v) is 21.3. The van der Waals surface area contributed by atoms with Crippen LogP contribution in [0.3, 0.4) is 0 Å². The van der Waals surface area contributed by atoms with Gasteiger partial charge in [0.05, 0.1) is 11.4 Å². The number of benzene rings is 1. The number of hydrogen-bond donors (Lipinski definition) is 0. The SMILES string of the molecule is CC.CC.CC.CC.CC.CC(C)(C)C1CCN(Cc2ccccc2)CC1.CC1CCC(N(C)C(C)c2ccccn2)CC1.CC1CCC(N(C)C(C)c2ccccn2)CC1.CC1CCC(N(C)C(C)c2cccnc2)CC1.CC1CCC(N(C)C(C)c2cccnc2)CC1. The van der Waals surface area contributed by atoms with Gasteiger partial charge in [-0.25, -0.2) is 0 Å². The Morgan fingerprint density at radius 1 is 0.368 bits per heavy atom. The number of hydrogen-bond acceptors (Lipinski definition) is 9. The fraction of sp³-hybridized carbons (Fsp3) is 0.698. The van der Waals surface area contributed by atoms with E-state index in [1.165, 1.54) is 157 Å². The average Bonchev–Trinajstić information content (AvgIpc) is 1.32. The van der Waals surface area contributed by atoms with Crippen molar-refractivity contribution in [3.05, 3.63) is 156 Å². The van der Waals surface area contributed by atoms with Gasteiger partial charge >= 0.3 is 0 Å². The third kappa shape index (κ3) is 33.4. The van der Waals surface area contributed by atoms with Gasteiger partial charge in [0.25, 0.3) is 0 Å². The van der Waals surface area contributed by atoms with Crippen molar-refractivity contribution in [3.8, 4) is 0 Å². The maximum absolute atomic E-state index is 4.47. The molecule has 9 nitrogen and oxygen atoms in total. The van der Waals surface area contributed by atoms with Crippen molar-refractivity contribution >= 4 is 0 Å². The van der Waals surface area contributed by atoms with Crippen LogP contribution < -0.4 is 0 Å². The van der Waals surface area contributed by atoms with Crippen molar-refractivity contribution in [2.75, 3.05) is 41.3 Å². The molecule has 95 heavy (non-hydrogen) atoms. The van der Waals surface area contributed by atoms with Crippen molar-refractivity contribution < 1.29 is 0 Å². The Bertz CT molecular complexity index is 2180. The number of nitrogens with zero attached hydrogens (tertiary/aromatic N) is 9. The van der Waals surface area contributed by atoms with Crippen LogP contribution in [0.2, 0.25) is 0 Å². The minimum atomic E-state index is 0.426. The Morgan fingerprint density at radius 3 is 0.926 bits per heavy atom. The summed E-state index contributed by atoms with van der Waals surface area (Å²) in [5.74, 6) is 4.59. The van der Waals surface area contributed by atoms with E-state index in [1.54, 1.807) is 0 Å². The van der Waals surface area contributed by atoms with Gasteiger partial charge in [-0.2, -0.15) is 0 Å². The van der Waals surface area contributed by atoms with Crippen molar-refractivity contribution in [2.45, 2.75) is 316 Å². The van der Waals surface area contributed by atoms with Crippen LogP contribution in [0.25, 0.3) is 0 Å². The van der Waals surface area contributed by atoms with Crippen LogP contribution in [0, 0.1) is 35.0 Å². The lowest BCUT2D eigenvalue weighted by molar-refractivity contribution is 0.108. The molecule has 0 amide bonds. The Morgan fingerprint density at radius 2 is 0.663 bits per heavy atom. The van der Waals surface area contributed by atoms with Gasteiger partial charge in [0.15, 0.2) is 0 Å². The van der Waals surface area contributed by atoms with E-state index in [2.05, 4.69) is 216 Å². The van der Waals surface area contributed by atoms with E-state index in [0.29, 0.717) is 29.6 Å². The first-order chi connectivity index (χ1) is 45.8. The summed E-state index contributed by atoms with van der Waals surface area (Å²) in [7, 11) is 9.02. The molecule has 1 saturated heterocycles. The van der Waals surface area contributed by atoms with Gasteiger partial charge < -0.3 is 0 Å². The van der Waals surface area contributed by atoms with Crippen LogP contribution in [0.15, 0.2) is 128 Å². The van der Waals surface area contributed by atoms with E-state index < -0.39 is 0 Å². The van der Waals surface area contributed by atoms with Gasteiger partial charge in [-0.05, 0) is 273 Å². The molecule has 10 rings (SSSR count). The lowest BCUT2D eigenvalue weighted by Gasteiger charge is -2.38. The van der Waals surface area contributed by atoms with Crippen LogP contribution in [-0.4, -0.2) is 110 Å². The molecule has 4 aliphatic carbocycles. The Labute approximate surface area is 589 Å². The molecule has 5 aliphatic rings. The molecule has 1 aliphatic heterocycles. The zero-order valence-electron chi connectivity index (χ0n) is 66.5. The lowest BCUT2D eigenvalue weighted by atomic mass is 9.75. The first kappa shape index (κ1) is 88.6. The topological polar surface area (TPSA) is 67.8 Å². The molecular weight excluding hydrogens is 1160 g/mol. The number of pyridine rings is 4. The molecule has 0 N–H and O–H groups in total. The maximum atomic E-state index is 4.47. The van der Waals surface area contributed by atoms with Gasteiger partial charge in [0.1, 0.15) is 0 Å². The molecule has 4 atom stereocenters. The third-order valence-electron chi connectivity index (χ3n) is 21.3. The second kappa shape index (κ2) is 51.8. The summed E-state index contributed by atoms with van der Waals surface area (Å²) in [6.07, 6.45) is 36.0. The first-order valence-corrected chi connectivity index (χ1v) is 39.0. The highest BCUT2D eigenvalue weighted by molar-refractivity contribution is 5.16. The first-order valence-electron chi connectivity index (χ1n) is 39.0. The smallest absolute Gasteiger partial charge is 0.0572 e. The molecule has 4 unspecified atom stereocenters.